The third-order valence-corrected chi connectivity index (χ3v) is 3.31. The predicted octanol–water partition coefficient (Wildman–Crippen LogP) is 1.31. The first kappa shape index (κ1) is 12.9. The van der Waals surface area contributed by atoms with Crippen LogP contribution in [-0.2, 0) is 14.2 Å². The van der Waals surface area contributed by atoms with E-state index >= 15 is 0 Å². The van der Waals surface area contributed by atoms with E-state index < -0.39 is 6.10 Å². The molecule has 5 nitrogen and oxygen atoms in total. The Balaban J connectivity index is 2.02. The molecule has 0 amide bonds. The number of ether oxygens (including phenoxy) is 3. The van der Waals surface area contributed by atoms with Crippen molar-refractivity contribution in [3.63, 3.8) is 0 Å². The van der Waals surface area contributed by atoms with Gasteiger partial charge in [-0.15, -0.1) is 0 Å². The number of aliphatic hydroxyl groups excluding tert-OH is 1. The zero-order chi connectivity index (χ0) is 12.3. The van der Waals surface area contributed by atoms with Gasteiger partial charge in [0.15, 0.2) is 0 Å². The average molecular weight is 260 g/mol. The van der Waals surface area contributed by atoms with Crippen LogP contribution in [0.5, 0.6) is 0 Å². The first-order valence-corrected chi connectivity index (χ1v) is 6.75. The Labute approximate surface area is 104 Å². The van der Waals surface area contributed by atoms with Crippen molar-refractivity contribution in [3.8, 4) is 0 Å². The number of hydrogen-bond donors (Lipinski definition) is 1. The molecule has 1 saturated heterocycles. The lowest BCUT2D eigenvalue weighted by molar-refractivity contribution is 0.0286. The number of carbonyl (C=O) groups is 1. The summed E-state index contributed by atoms with van der Waals surface area (Å²) in [5.41, 5.74) is 0. The highest BCUT2D eigenvalue weighted by Crippen LogP contribution is 2.26. The largest absolute Gasteiger partial charge is 0.450 e. The third-order valence-electron chi connectivity index (χ3n) is 2.88. The molecule has 1 aliphatic carbocycles. The van der Waals surface area contributed by atoms with Gasteiger partial charge in [-0.05, 0) is 24.1 Å². The maximum Gasteiger partial charge on any atom is 0.367 e. The van der Waals surface area contributed by atoms with E-state index in [1.165, 1.54) is 0 Å². The standard InChI is InChI=1S/C11H16O5S/c1-17-11(13)16-8-3-2-7(12)4-9-10(5-8)15-6-14-9/h2-3,7-10,12H,4-6H2,1H3. The molecule has 0 saturated carbocycles. The van der Waals surface area contributed by atoms with E-state index in [0.717, 1.165) is 11.8 Å². The SMILES string of the molecule is CSC(=O)OC1C=CC(O)CC2OCOC2C1. The third kappa shape index (κ3) is 3.45. The molecule has 0 spiro atoms. The molecule has 0 bridgehead atoms. The lowest BCUT2D eigenvalue weighted by atomic mass is 9.97. The van der Waals surface area contributed by atoms with Gasteiger partial charge >= 0.3 is 5.30 Å². The van der Waals surface area contributed by atoms with E-state index in [9.17, 15) is 9.90 Å². The van der Waals surface area contributed by atoms with Crippen LogP contribution in [0.25, 0.3) is 0 Å². The number of hydrogen-bond acceptors (Lipinski definition) is 6. The summed E-state index contributed by atoms with van der Waals surface area (Å²) in [6.07, 6.45) is 4.94. The number of thioether (sulfide) groups is 1. The second-order valence-electron chi connectivity index (χ2n) is 4.06. The summed E-state index contributed by atoms with van der Waals surface area (Å²) in [6.45, 7) is 0.241. The highest BCUT2D eigenvalue weighted by atomic mass is 32.2. The van der Waals surface area contributed by atoms with E-state index in [0.29, 0.717) is 12.8 Å². The van der Waals surface area contributed by atoms with Crippen molar-refractivity contribution in [2.75, 3.05) is 13.0 Å². The molecule has 1 N–H and O–H groups in total. The van der Waals surface area contributed by atoms with Gasteiger partial charge < -0.3 is 19.3 Å². The minimum absolute atomic E-state index is 0.116. The Kier molecular flexibility index (Phi) is 4.44. The van der Waals surface area contributed by atoms with Crippen LogP contribution in [0.1, 0.15) is 12.8 Å². The highest BCUT2D eigenvalue weighted by Gasteiger charge is 2.34. The Bertz CT molecular complexity index is 306. The smallest absolute Gasteiger partial charge is 0.367 e. The van der Waals surface area contributed by atoms with Gasteiger partial charge in [-0.25, -0.2) is 4.79 Å². The van der Waals surface area contributed by atoms with Crippen LogP contribution in [-0.4, -0.2) is 47.9 Å². The lowest BCUT2D eigenvalue weighted by Gasteiger charge is -2.24. The van der Waals surface area contributed by atoms with E-state index in [2.05, 4.69) is 0 Å². The number of aliphatic hydroxyl groups is 1. The summed E-state index contributed by atoms with van der Waals surface area (Å²) in [4.78, 5) is 11.2. The Morgan fingerprint density at radius 1 is 1.35 bits per heavy atom. The van der Waals surface area contributed by atoms with Crippen molar-refractivity contribution in [2.45, 2.75) is 37.3 Å². The van der Waals surface area contributed by atoms with Gasteiger partial charge in [0.25, 0.3) is 0 Å². The van der Waals surface area contributed by atoms with Crippen LogP contribution in [0.3, 0.4) is 0 Å². The number of fused-ring (bicyclic) bond motifs is 1. The molecular weight excluding hydrogens is 244 g/mol. The number of rotatable bonds is 1. The molecule has 0 radical (unpaired) electrons. The van der Waals surface area contributed by atoms with E-state index in [1.807, 2.05) is 0 Å². The molecule has 96 valence electrons. The van der Waals surface area contributed by atoms with Crippen molar-refractivity contribution < 1.29 is 24.1 Å². The fraction of sp³-hybridized carbons (Fsp3) is 0.727. The van der Waals surface area contributed by atoms with Crippen molar-refractivity contribution in [1.82, 2.24) is 0 Å². The highest BCUT2D eigenvalue weighted by molar-refractivity contribution is 8.12. The zero-order valence-corrected chi connectivity index (χ0v) is 10.4. The molecule has 4 unspecified atom stereocenters. The Morgan fingerprint density at radius 3 is 2.76 bits per heavy atom. The second kappa shape index (κ2) is 5.86. The Hall–Kier alpha value is -0.560. The first-order chi connectivity index (χ1) is 8.19. The van der Waals surface area contributed by atoms with Gasteiger partial charge in [-0.1, -0.05) is 6.08 Å². The van der Waals surface area contributed by atoms with Crippen LogP contribution in [0.4, 0.5) is 4.79 Å². The van der Waals surface area contributed by atoms with Gasteiger partial charge in [-0.2, -0.15) is 0 Å². The van der Waals surface area contributed by atoms with Crippen LogP contribution in [0.15, 0.2) is 12.2 Å². The minimum atomic E-state index is -0.583. The van der Waals surface area contributed by atoms with Crippen LogP contribution in [0, 0.1) is 0 Å². The van der Waals surface area contributed by atoms with Crippen LogP contribution >= 0.6 is 11.8 Å². The summed E-state index contributed by atoms with van der Waals surface area (Å²) in [5, 5.41) is 9.37. The molecule has 6 heteroatoms. The van der Waals surface area contributed by atoms with E-state index in [1.54, 1.807) is 18.4 Å². The summed E-state index contributed by atoms with van der Waals surface area (Å²) in [7, 11) is 0. The second-order valence-corrected chi connectivity index (χ2v) is 4.80. The summed E-state index contributed by atoms with van der Waals surface area (Å²) < 4.78 is 16.0. The fourth-order valence-corrected chi connectivity index (χ4v) is 2.22. The minimum Gasteiger partial charge on any atom is -0.450 e. The van der Waals surface area contributed by atoms with Crippen molar-refractivity contribution in [2.24, 2.45) is 0 Å². The summed E-state index contributed by atoms with van der Waals surface area (Å²) in [5.74, 6) is 0. The van der Waals surface area contributed by atoms with Crippen molar-refractivity contribution >= 4 is 17.1 Å². The summed E-state index contributed by atoms with van der Waals surface area (Å²) >= 11 is 1.03. The molecule has 17 heavy (non-hydrogen) atoms. The van der Waals surface area contributed by atoms with E-state index in [4.69, 9.17) is 14.2 Å². The monoisotopic (exact) mass is 260 g/mol. The quantitative estimate of drug-likeness (QED) is 0.566. The normalized spacial score (nSPS) is 37.1. The maximum atomic E-state index is 11.2. The fourth-order valence-electron chi connectivity index (χ4n) is 2.00. The van der Waals surface area contributed by atoms with Gasteiger partial charge in [0.2, 0.25) is 0 Å². The molecule has 1 fully saturated rings. The van der Waals surface area contributed by atoms with Gasteiger partial charge in [0, 0.05) is 12.8 Å². The Morgan fingerprint density at radius 2 is 2.06 bits per heavy atom. The molecule has 4 atom stereocenters. The summed E-state index contributed by atoms with van der Waals surface area (Å²) in [6, 6.07) is 0. The van der Waals surface area contributed by atoms with Gasteiger partial charge in [0.1, 0.15) is 12.9 Å². The number of carbonyl (C=O) groups excluding carboxylic acids is 1. The van der Waals surface area contributed by atoms with E-state index in [-0.39, 0.29) is 30.4 Å². The van der Waals surface area contributed by atoms with Crippen molar-refractivity contribution in [1.29, 1.82) is 0 Å². The molecule has 2 rings (SSSR count). The first-order valence-electron chi connectivity index (χ1n) is 5.53. The van der Waals surface area contributed by atoms with Crippen LogP contribution < -0.4 is 0 Å². The maximum absolute atomic E-state index is 11.2. The van der Waals surface area contributed by atoms with Crippen molar-refractivity contribution in [3.05, 3.63) is 12.2 Å². The molecule has 0 aromatic heterocycles. The molecular formula is C11H16O5S. The molecule has 0 aromatic rings. The van der Waals surface area contributed by atoms with Gasteiger partial charge in [0.05, 0.1) is 18.3 Å². The molecule has 2 aliphatic rings. The zero-order valence-electron chi connectivity index (χ0n) is 9.57. The average Bonchev–Trinajstić information content (AvgIpc) is 2.70. The van der Waals surface area contributed by atoms with Crippen LogP contribution in [0.2, 0.25) is 0 Å². The molecule has 1 aliphatic heterocycles. The van der Waals surface area contributed by atoms with Gasteiger partial charge in [-0.3, -0.25) is 0 Å². The molecule has 1 heterocycles. The lowest BCUT2D eigenvalue weighted by Crippen LogP contribution is -2.33. The topological polar surface area (TPSA) is 65.0 Å². The predicted molar refractivity (Wildman–Crippen MR) is 62.8 cm³/mol. The molecule has 0 aromatic carbocycles.